The molecule has 16 heavy (non-hydrogen) atoms. The SMILES string of the molecule is COc1cccc(OCc2ncc(C)o2)c1. The van der Waals surface area contributed by atoms with E-state index < -0.39 is 0 Å². The van der Waals surface area contributed by atoms with Crippen LogP contribution in [0.15, 0.2) is 34.9 Å². The summed E-state index contributed by atoms with van der Waals surface area (Å²) in [6.07, 6.45) is 1.67. The number of nitrogens with zero attached hydrogens (tertiary/aromatic N) is 1. The molecule has 0 aliphatic rings. The molecule has 0 radical (unpaired) electrons. The van der Waals surface area contributed by atoms with E-state index in [1.807, 2.05) is 31.2 Å². The van der Waals surface area contributed by atoms with Crippen molar-refractivity contribution in [1.82, 2.24) is 4.98 Å². The summed E-state index contributed by atoms with van der Waals surface area (Å²) in [7, 11) is 1.62. The summed E-state index contributed by atoms with van der Waals surface area (Å²) in [5.41, 5.74) is 0. The van der Waals surface area contributed by atoms with Crippen LogP contribution in [-0.2, 0) is 6.61 Å². The van der Waals surface area contributed by atoms with Crippen LogP contribution < -0.4 is 9.47 Å². The van der Waals surface area contributed by atoms with Gasteiger partial charge in [-0.1, -0.05) is 6.07 Å². The Morgan fingerprint density at radius 3 is 2.81 bits per heavy atom. The molecule has 1 heterocycles. The Hall–Kier alpha value is -1.97. The molecule has 0 aliphatic carbocycles. The van der Waals surface area contributed by atoms with Gasteiger partial charge in [0.1, 0.15) is 17.3 Å². The monoisotopic (exact) mass is 219 g/mol. The van der Waals surface area contributed by atoms with Crippen molar-refractivity contribution in [3.05, 3.63) is 42.1 Å². The number of hydrogen-bond acceptors (Lipinski definition) is 4. The van der Waals surface area contributed by atoms with Gasteiger partial charge >= 0.3 is 0 Å². The standard InChI is InChI=1S/C12H13NO3/c1-9-7-13-12(16-9)8-15-11-5-3-4-10(6-11)14-2/h3-7H,8H2,1-2H3. The van der Waals surface area contributed by atoms with Crippen molar-refractivity contribution in [2.75, 3.05) is 7.11 Å². The van der Waals surface area contributed by atoms with E-state index in [1.165, 1.54) is 0 Å². The molecular formula is C12H13NO3. The van der Waals surface area contributed by atoms with Gasteiger partial charge in [-0.3, -0.25) is 0 Å². The average molecular weight is 219 g/mol. The molecule has 0 N–H and O–H groups in total. The summed E-state index contributed by atoms with van der Waals surface area (Å²) in [5, 5.41) is 0. The van der Waals surface area contributed by atoms with E-state index in [2.05, 4.69) is 4.98 Å². The number of hydrogen-bond donors (Lipinski definition) is 0. The molecule has 4 nitrogen and oxygen atoms in total. The predicted octanol–water partition coefficient (Wildman–Crippen LogP) is 2.57. The number of methoxy groups -OCH3 is 1. The molecular weight excluding hydrogens is 206 g/mol. The Kier molecular flexibility index (Phi) is 3.10. The van der Waals surface area contributed by atoms with E-state index in [-0.39, 0.29) is 0 Å². The van der Waals surface area contributed by atoms with Gasteiger partial charge in [-0.2, -0.15) is 0 Å². The Balaban J connectivity index is 1.99. The molecule has 84 valence electrons. The predicted molar refractivity (Wildman–Crippen MR) is 58.6 cm³/mol. The maximum Gasteiger partial charge on any atom is 0.232 e. The normalized spacial score (nSPS) is 10.1. The number of rotatable bonds is 4. The third kappa shape index (κ3) is 2.53. The maximum atomic E-state index is 5.51. The van der Waals surface area contributed by atoms with Crippen molar-refractivity contribution in [1.29, 1.82) is 0 Å². The molecule has 1 aromatic heterocycles. The van der Waals surface area contributed by atoms with E-state index in [0.29, 0.717) is 12.5 Å². The van der Waals surface area contributed by atoms with Gasteiger partial charge in [0.15, 0.2) is 6.61 Å². The molecule has 0 amide bonds. The molecule has 4 heteroatoms. The highest BCUT2D eigenvalue weighted by Gasteiger charge is 2.02. The van der Waals surface area contributed by atoms with E-state index in [0.717, 1.165) is 17.3 Å². The lowest BCUT2D eigenvalue weighted by Gasteiger charge is -2.05. The van der Waals surface area contributed by atoms with Crippen molar-refractivity contribution in [2.24, 2.45) is 0 Å². The summed E-state index contributed by atoms with van der Waals surface area (Å²) in [6.45, 7) is 2.17. The highest BCUT2D eigenvalue weighted by Crippen LogP contribution is 2.19. The second-order valence-electron chi connectivity index (χ2n) is 3.33. The first-order valence-corrected chi connectivity index (χ1v) is 4.96. The molecule has 0 bridgehead atoms. The van der Waals surface area contributed by atoms with Gasteiger partial charge in [0.2, 0.25) is 5.89 Å². The minimum atomic E-state index is 0.320. The highest BCUT2D eigenvalue weighted by molar-refractivity contribution is 5.32. The van der Waals surface area contributed by atoms with Gasteiger partial charge in [0, 0.05) is 6.07 Å². The molecule has 0 unspecified atom stereocenters. The number of aryl methyl sites for hydroxylation is 1. The zero-order valence-corrected chi connectivity index (χ0v) is 9.27. The van der Waals surface area contributed by atoms with Crippen molar-refractivity contribution in [2.45, 2.75) is 13.5 Å². The van der Waals surface area contributed by atoms with Crippen LogP contribution in [0.25, 0.3) is 0 Å². The van der Waals surface area contributed by atoms with E-state index >= 15 is 0 Å². The summed E-state index contributed by atoms with van der Waals surface area (Å²) in [4.78, 5) is 4.05. The molecule has 0 atom stereocenters. The van der Waals surface area contributed by atoms with Crippen LogP contribution in [0, 0.1) is 6.92 Å². The molecule has 2 aromatic rings. The third-order valence-electron chi connectivity index (χ3n) is 2.07. The fraction of sp³-hybridized carbons (Fsp3) is 0.250. The second kappa shape index (κ2) is 4.70. The molecule has 0 aliphatic heterocycles. The van der Waals surface area contributed by atoms with Crippen LogP contribution in [0.5, 0.6) is 11.5 Å². The Bertz CT molecular complexity index is 465. The van der Waals surface area contributed by atoms with Gasteiger partial charge in [0.25, 0.3) is 0 Å². The fourth-order valence-electron chi connectivity index (χ4n) is 1.30. The largest absolute Gasteiger partial charge is 0.497 e. The zero-order valence-electron chi connectivity index (χ0n) is 9.27. The minimum Gasteiger partial charge on any atom is -0.497 e. The summed E-state index contributed by atoms with van der Waals surface area (Å²) in [5.74, 6) is 2.85. The van der Waals surface area contributed by atoms with Crippen molar-refractivity contribution >= 4 is 0 Å². The zero-order chi connectivity index (χ0) is 11.4. The average Bonchev–Trinajstić information content (AvgIpc) is 2.73. The van der Waals surface area contributed by atoms with Crippen molar-refractivity contribution in [3.63, 3.8) is 0 Å². The quantitative estimate of drug-likeness (QED) is 0.792. The molecule has 0 saturated carbocycles. The van der Waals surface area contributed by atoms with Crippen LogP contribution in [0.2, 0.25) is 0 Å². The van der Waals surface area contributed by atoms with E-state index in [4.69, 9.17) is 13.9 Å². The summed E-state index contributed by atoms with van der Waals surface area (Å²) in [6, 6.07) is 7.41. The minimum absolute atomic E-state index is 0.320. The first-order valence-electron chi connectivity index (χ1n) is 4.96. The molecule has 0 spiro atoms. The van der Waals surface area contributed by atoms with Crippen LogP contribution in [0.3, 0.4) is 0 Å². The third-order valence-corrected chi connectivity index (χ3v) is 2.07. The Labute approximate surface area is 93.8 Å². The lowest BCUT2D eigenvalue weighted by atomic mass is 10.3. The first kappa shape index (κ1) is 10.5. The van der Waals surface area contributed by atoms with E-state index in [9.17, 15) is 0 Å². The van der Waals surface area contributed by atoms with Crippen LogP contribution >= 0.6 is 0 Å². The van der Waals surface area contributed by atoms with Crippen molar-refractivity contribution in [3.8, 4) is 11.5 Å². The topological polar surface area (TPSA) is 44.5 Å². The van der Waals surface area contributed by atoms with Crippen LogP contribution in [0.1, 0.15) is 11.7 Å². The molecule has 0 saturated heterocycles. The molecule has 1 aromatic carbocycles. The highest BCUT2D eigenvalue weighted by atomic mass is 16.5. The van der Waals surface area contributed by atoms with E-state index in [1.54, 1.807) is 13.3 Å². The number of oxazole rings is 1. The first-order chi connectivity index (χ1) is 7.78. The Morgan fingerprint density at radius 2 is 2.12 bits per heavy atom. The Morgan fingerprint density at radius 1 is 1.31 bits per heavy atom. The molecule has 2 rings (SSSR count). The summed E-state index contributed by atoms with van der Waals surface area (Å²) < 4.78 is 15.9. The number of ether oxygens (including phenoxy) is 2. The lowest BCUT2D eigenvalue weighted by Crippen LogP contribution is -1.95. The number of aromatic nitrogens is 1. The second-order valence-corrected chi connectivity index (χ2v) is 3.33. The smallest absolute Gasteiger partial charge is 0.232 e. The van der Waals surface area contributed by atoms with Gasteiger partial charge in [-0.25, -0.2) is 4.98 Å². The van der Waals surface area contributed by atoms with Gasteiger partial charge < -0.3 is 13.9 Å². The van der Waals surface area contributed by atoms with Crippen LogP contribution in [0.4, 0.5) is 0 Å². The van der Waals surface area contributed by atoms with Crippen LogP contribution in [-0.4, -0.2) is 12.1 Å². The van der Waals surface area contributed by atoms with Gasteiger partial charge in [0.05, 0.1) is 13.3 Å². The number of benzene rings is 1. The fourth-order valence-corrected chi connectivity index (χ4v) is 1.30. The molecule has 0 fully saturated rings. The summed E-state index contributed by atoms with van der Waals surface area (Å²) >= 11 is 0. The lowest BCUT2D eigenvalue weighted by molar-refractivity contribution is 0.259. The van der Waals surface area contributed by atoms with Gasteiger partial charge in [-0.15, -0.1) is 0 Å². The maximum absolute atomic E-state index is 5.51. The van der Waals surface area contributed by atoms with Crippen molar-refractivity contribution < 1.29 is 13.9 Å². The van der Waals surface area contributed by atoms with Gasteiger partial charge in [-0.05, 0) is 19.1 Å².